The minimum absolute atomic E-state index is 0.00893. The number of nitrogens with zero attached hydrogens (tertiary/aromatic N) is 1. The number of benzene rings is 2. The first-order valence-corrected chi connectivity index (χ1v) is 9.93. The lowest BCUT2D eigenvalue weighted by Gasteiger charge is -2.29. The molecule has 0 aliphatic rings. The molecule has 0 heterocycles. The Hall–Kier alpha value is -2.89. The van der Waals surface area contributed by atoms with Gasteiger partial charge in [-0.05, 0) is 38.0 Å². The van der Waals surface area contributed by atoms with E-state index in [0.717, 1.165) is 18.4 Å². The molecule has 2 aromatic carbocycles. The van der Waals surface area contributed by atoms with Gasteiger partial charge in [0.05, 0.1) is 0 Å². The number of aryl methyl sites for hydroxylation is 1. The maximum Gasteiger partial charge on any atom is 0.261 e. The van der Waals surface area contributed by atoms with Crippen LogP contribution < -0.4 is 10.1 Å². The number of hydrogen-bond acceptors (Lipinski definition) is 3. The molecule has 1 atom stereocenters. The monoisotopic (exact) mass is 400 g/mol. The zero-order valence-corrected chi connectivity index (χ0v) is 17.3. The Morgan fingerprint density at radius 2 is 1.83 bits per heavy atom. The Balaban J connectivity index is 2.14. The van der Waals surface area contributed by atoms with Gasteiger partial charge in [-0.25, -0.2) is 4.39 Å². The van der Waals surface area contributed by atoms with Crippen molar-refractivity contribution in [2.75, 3.05) is 13.2 Å². The van der Waals surface area contributed by atoms with Crippen LogP contribution >= 0.6 is 0 Å². The SMILES string of the molecule is CCCCNC(=O)[C@H](C)N(Cc1ccccc1F)C(=O)COc1ccccc1C. The molecule has 5 nitrogen and oxygen atoms in total. The third-order valence-corrected chi connectivity index (χ3v) is 4.74. The van der Waals surface area contributed by atoms with Crippen LogP contribution in [0.2, 0.25) is 0 Å². The van der Waals surface area contributed by atoms with Gasteiger partial charge in [-0.1, -0.05) is 49.7 Å². The maximum atomic E-state index is 14.2. The van der Waals surface area contributed by atoms with E-state index in [1.165, 1.54) is 11.0 Å². The molecule has 0 bridgehead atoms. The normalized spacial score (nSPS) is 11.6. The van der Waals surface area contributed by atoms with Gasteiger partial charge in [0.2, 0.25) is 5.91 Å². The summed E-state index contributed by atoms with van der Waals surface area (Å²) in [7, 11) is 0. The van der Waals surface area contributed by atoms with Gasteiger partial charge in [0, 0.05) is 18.7 Å². The molecule has 0 aliphatic heterocycles. The van der Waals surface area contributed by atoms with Crippen molar-refractivity contribution in [1.82, 2.24) is 10.2 Å². The lowest BCUT2D eigenvalue weighted by Crippen LogP contribution is -2.49. The van der Waals surface area contributed by atoms with Crippen molar-refractivity contribution >= 4 is 11.8 Å². The average molecular weight is 400 g/mol. The molecule has 0 saturated carbocycles. The fourth-order valence-corrected chi connectivity index (χ4v) is 2.87. The van der Waals surface area contributed by atoms with E-state index in [9.17, 15) is 14.0 Å². The van der Waals surface area contributed by atoms with E-state index in [1.54, 1.807) is 31.2 Å². The molecule has 0 saturated heterocycles. The number of amides is 2. The molecule has 29 heavy (non-hydrogen) atoms. The Kier molecular flexibility index (Phi) is 8.65. The molecule has 0 unspecified atom stereocenters. The predicted octanol–water partition coefficient (Wildman–Crippen LogP) is 3.85. The number of carbonyl (C=O) groups excluding carboxylic acids is 2. The van der Waals surface area contributed by atoms with Crippen LogP contribution in [0, 0.1) is 12.7 Å². The molecular formula is C23H29FN2O3. The third-order valence-electron chi connectivity index (χ3n) is 4.74. The van der Waals surface area contributed by atoms with Gasteiger partial charge in [0.25, 0.3) is 5.91 Å². The number of para-hydroxylation sites is 1. The highest BCUT2D eigenvalue weighted by molar-refractivity contribution is 5.87. The van der Waals surface area contributed by atoms with Crippen LogP contribution in [-0.4, -0.2) is 35.9 Å². The summed E-state index contributed by atoms with van der Waals surface area (Å²) >= 11 is 0. The summed E-state index contributed by atoms with van der Waals surface area (Å²) in [5.74, 6) is -0.455. The summed E-state index contributed by atoms with van der Waals surface area (Å²) in [6.45, 7) is 5.87. The zero-order chi connectivity index (χ0) is 21.2. The minimum atomic E-state index is -0.751. The molecule has 0 fully saturated rings. The Morgan fingerprint density at radius 3 is 2.52 bits per heavy atom. The molecular weight excluding hydrogens is 371 g/mol. The van der Waals surface area contributed by atoms with Gasteiger partial charge in [-0.15, -0.1) is 0 Å². The first-order chi connectivity index (χ1) is 13.9. The fraction of sp³-hybridized carbons (Fsp3) is 0.391. The van der Waals surface area contributed by atoms with Crippen LogP contribution in [0.1, 0.15) is 37.8 Å². The quantitative estimate of drug-likeness (QED) is 0.617. The summed E-state index contributed by atoms with van der Waals surface area (Å²) in [5, 5.41) is 2.83. The van der Waals surface area contributed by atoms with E-state index in [1.807, 2.05) is 32.0 Å². The molecule has 6 heteroatoms. The van der Waals surface area contributed by atoms with Gasteiger partial charge in [0.15, 0.2) is 6.61 Å². The second kappa shape index (κ2) is 11.2. The smallest absolute Gasteiger partial charge is 0.261 e. The van der Waals surface area contributed by atoms with Gasteiger partial charge in [0.1, 0.15) is 17.6 Å². The highest BCUT2D eigenvalue weighted by Crippen LogP contribution is 2.17. The second-order valence-corrected chi connectivity index (χ2v) is 6.99. The number of ether oxygens (including phenoxy) is 1. The Bertz CT molecular complexity index is 825. The van der Waals surface area contributed by atoms with E-state index < -0.39 is 11.9 Å². The van der Waals surface area contributed by atoms with Crippen LogP contribution in [0.3, 0.4) is 0 Å². The summed E-state index contributed by atoms with van der Waals surface area (Å²) in [5.41, 5.74) is 1.26. The Labute approximate surface area is 171 Å². The lowest BCUT2D eigenvalue weighted by molar-refractivity contribution is -0.142. The third kappa shape index (κ3) is 6.59. The topological polar surface area (TPSA) is 58.6 Å². The average Bonchev–Trinajstić information content (AvgIpc) is 2.72. The number of nitrogens with one attached hydrogen (secondary N) is 1. The molecule has 0 spiro atoms. The summed E-state index contributed by atoms with van der Waals surface area (Å²) in [4.78, 5) is 26.8. The number of halogens is 1. The van der Waals surface area contributed by atoms with Crippen molar-refractivity contribution in [2.24, 2.45) is 0 Å². The van der Waals surface area contributed by atoms with E-state index in [4.69, 9.17) is 4.74 Å². The minimum Gasteiger partial charge on any atom is -0.484 e. The first-order valence-electron chi connectivity index (χ1n) is 9.93. The molecule has 2 aromatic rings. The van der Waals surface area contributed by atoms with Crippen molar-refractivity contribution in [2.45, 2.75) is 46.2 Å². The predicted molar refractivity (Wildman–Crippen MR) is 111 cm³/mol. The molecule has 2 rings (SSSR count). The number of hydrogen-bond donors (Lipinski definition) is 1. The van der Waals surface area contributed by atoms with Crippen molar-refractivity contribution in [3.05, 3.63) is 65.5 Å². The van der Waals surface area contributed by atoms with Crippen molar-refractivity contribution in [1.29, 1.82) is 0 Å². The summed E-state index contributed by atoms with van der Waals surface area (Å²) in [6, 6.07) is 12.9. The van der Waals surface area contributed by atoms with Gasteiger partial charge < -0.3 is 15.0 Å². The standard InChI is InChI=1S/C23H29FN2O3/c1-4-5-14-25-23(28)18(3)26(15-19-11-7-8-12-20(19)24)22(27)16-29-21-13-9-6-10-17(21)2/h6-13,18H,4-5,14-16H2,1-3H3,(H,25,28)/t18-/m0/s1. The summed E-state index contributed by atoms with van der Waals surface area (Å²) < 4.78 is 19.8. The number of unbranched alkanes of at least 4 members (excludes halogenated alkanes) is 1. The zero-order valence-electron chi connectivity index (χ0n) is 17.3. The lowest BCUT2D eigenvalue weighted by atomic mass is 10.1. The number of rotatable bonds is 10. The highest BCUT2D eigenvalue weighted by atomic mass is 19.1. The molecule has 1 N–H and O–H groups in total. The molecule has 0 aliphatic carbocycles. The molecule has 0 aromatic heterocycles. The Morgan fingerprint density at radius 1 is 1.14 bits per heavy atom. The van der Waals surface area contributed by atoms with E-state index in [-0.39, 0.29) is 25.0 Å². The van der Waals surface area contributed by atoms with Crippen LogP contribution in [-0.2, 0) is 16.1 Å². The van der Waals surface area contributed by atoms with Crippen molar-refractivity contribution < 1.29 is 18.7 Å². The van der Waals surface area contributed by atoms with Crippen LogP contribution in [0.15, 0.2) is 48.5 Å². The largest absolute Gasteiger partial charge is 0.484 e. The molecule has 0 radical (unpaired) electrons. The van der Waals surface area contributed by atoms with E-state index >= 15 is 0 Å². The van der Waals surface area contributed by atoms with Crippen LogP contribution in [0.25, 0.3) is 0 Å². The molecule has 2 amide bonds. The van der Waals surface area contributed by atoms with E-state index in [2.05, 4.69) is 5.32 Å². The van der Waals surface area contributed by atoms with Gasteiger partial charge in [-0.2, -0.15) is 0 Å². The first kappa shape index (κ1) is 22.4. The molecule has 156 valence electrons. The number of carbonyl (C=O) groups is 2. The maximum absolute atomic E-state index is 14.2. The van der Waals surface area contributed by atoms with E-state index in [0.29, 0.717) is 17.9 Å². The highest BCUT2D eigenvalue weighted by Gasteiger charge is 2.27. The van der Waals surface area contributed by atoms with Crippen LogP contribution in [0.4, 0.5) is 4.39 Å². The van der Waals surface area contributed by atoms with Crippen molar-refractivity contribution in [3.8, 4) is 5.75 Å². The van der Waals surface area contributed by atoms with Gasteiger partial charge >= 0.3 is 0 Å². The van der Waals surface area contributed by atoms with Crippen LogP contribution in [0.5, 0.6) is 5.75 Å². The van der Waals surface area contributed by atoms with Gasteiger partial charge in [-0.3, -0.25) is 9.59 Å². The fourth-order valence-electron chi connectivity index (χ4n) is 2.87. The second-order valence-electron chi connectivity index (χ2n) is 6.99. The summed E-state index contributed by atoms with van der Waals surface area (Å²) in [6.07, 6.45) is 1.81. The van der Waals surface area contributed by atoms with Crippen molar-refractivity contribution in [3.63, 3.8) is 0 Å².